The molecule has 0 aliphatic carbocycles. The van der Waals surface area contributed by atoms with Crippen LogP contribution in [0.2, 0.25) is 0 Å². The predicted octanol–water partition coefficient (Wildman–Crippen LogP) is 0.677. The molecular weight excluding hydrogens is 441 g/mol. The first kappa shape index (κ1) is 24.8. The van der Waals surface area contributed by atoms with Gasteiger partial charge < -0.3 is 11.5 Å². The molecule has 0 unspecified atom stereocenters. The molecule has 1 aromatic heterocycles. The lowest BCUT2D eigenvalue weighted by molar-refractivity contribution is -0.151. The minimum absolute atomic E-state index is 0.000954. The molecule has 1 heterocycles. The van der Waals surface area contributed by atoms with Crippen molar-refractivity contribution in [1.82, 2.24) is 14.8 Å². The van der Waals surface area contributed by atoms with Crippen LogP contribution in [-0.2, 0) is 14.8 Å². The first-order valence-electron chi connectivity index (χ1n) is 9.39. The van der Waals surface area contributed by atoms with Crippen LogP contribution in [0.3, 0.4) is 0 Å². The van der Waals surface area contributed by atoms with Gasteiger partial charge in [-0.1, -0.05) is 18.6 Å². The lowest BCUT2D eigenvalue weighted by Gasteiger charge is -2.22. The number of halogens is 1. The van der Waals surface area contributed by atoms with Crippen molar-refractivity contribution in [3.05, 3.63) is 48.4 Å². The number of nitrogens with one attached hydrogen (secondary N) is 1. The average Bonchev–Trinajstić information content (AvgIpc) is 2.77. The third kappa shape index (κ3) is 6.53. The van der Waals surface area contributed by atoms with Crippen LogP contribution < -0.4 is 16.2 Å². The second kappa shape index (κ2) is 11.3. The Morgan fingerprint density at radius 2 is 2.09 bits per heavy atom. The Bertz CT molecular complexity index is 1120. The van der Waals surface area contributed by atoms with Crippen molar-refractivity contribution in [3.8, 4) is 17.5 Å². The van der Waals surface area contributed by atoms with Gasteiger partial charge in [0.2, 0.25) is 22.2 Å². The Morgan fingerprint density at radius 3 is 2.69 bits per heavy atom. The fraction of sp³-hybridized carbons (Fsp3) is 0.263. The summed E-state index contributed by atoms with van der Waals surface area (Å²) in [5, 5.41) is 18.3. The normalized spacial score (nSPS) is 12.8. The number of nitrogens with zero attached hydrogens (tertiary/aromatic N) is 4. The second-order valence-electron chi connectivity index (χ2n) is 6.57. The average molecular weight is 463 g/mol. The molecular formula is C19H22FN7O4S. The summed E-state index contributed by atoms with van der Waals surface area (Å²) in [5.41, 5.74) is 11.6. The maximum atomic E-state index is 13.4. The van der Waals surface area contributed by atoms with Gasteiger partial charge in [-0.25, -0.2) is 12.8 Å². The number of carbonyl (C=O) groups is 1. The van der Waals surface area contributed by atoms with Crippen LogP contribution in [0.5, 0.6) is 0 Å². The van der Waals surface area contributed by atoms with Gasteiger partial charge in [0, 0.05) is 11.8 Å². The fourth-order valence-corrected chi connectivity index (χ4v) is 3.87. The summed E-state index contributed by atoms with van der Waals surface area (Å²) in [5.74, 6) is -2.39. The summed E-state index contributed by atoms with van der Waals surface area (Å²) in [4.78, 5) is 19.4. The standard InChI is InChI=1S/C19H22FN7O4S/c20-14-5-3-4-13(10-14)16-8-7-15(11-24-16)32(30,31)26-17(6-1-2-9-21)18(28)27(29)19(23)25-12-22/h3-5,7-8,10-11,17,26,29H,1-2,6,9,21H2,(H2,23,25)/t17-/m1/s1. The summed E-state index contributed by atoms with van der Waals surface area (Å²) >= 11 is 0. The zero-order valence-corrected chi connectivity index (χ0v) is 17.7. The molecule has 1 amide bonds. The monoisotopic (exact) mass is 463 g/mol. The molecule has 0 bridgehead atoms. The molecule has 0 spiro atoms. The molecule has 0 radical (unpaired) electrons. The van der Waals surface area contributed by atoms with E-state index in [1.54, 1.807) is 6.07 Å². The van der Waals surface area contributed by atoms with Crippen molar-refractivity contribution in [1.29, 1.82) is 5.26 Å². The highest BCUT2D eigenvalue weighted by molar-refractivity contribution is 7.89. The number of nitriles is 1. The smallest absolute Gasteiger partial charge is 0.271 e. The zero-order chi connectivity index (χ0) is 23.7. The molecule has 2 aromatic rings. The Morgan fingerprint density at radius 1 is 1.34 bits per heavy atom. The molecule has 6 N–H and O–H groups in total. The number of aromatic nitrogens is 1. The number of rotatable bonds is 9. The lowest BCUT2D eigenvalue weighted by atomic mass is 10.1. The second-order valence-corrected chi connectivity index (χ2v) is 8.28. The molecule has 32 heavy (non-hydrogen) atoms. The SMILES string of the molecule is N#CN=C(N)N(O)C(=O)[C@@H](CCCCN)NS(=O)(=O)c1ccc(-c2cccc(F)c2)nc1. The number of hydroxylamine groups is 2. The van der Waals surface area contributed by atoms with Crippen molar-refractivity contribution >= 4 is 21.9 Å². The van der Waals surface area contributed by atoms with Crippen molar-refractivity contribution in [3.63, 3.8) is 0 Å². The topological polar surface area (TPSA) is 188 Å². The fourth-order valence-electron chi connectivity index (χ4n) is 2.70. The van der Waals surface area contributed by atoms with E-state index in [9.17, 15) is 22.8 Å². The zero-order valence-electron chi connectivity index (χ0n) is 16.8. The molecule has 0 aliphatic rings. The number of amides is 1. The van der Waals surface area contributed by atoms with E-state index in [0.29, 0.717) is 30.6 Å². The van der Waals surface area contributed by atoms with Crippen LogP contribution in [0.15, 0.2) is 52.5 Å². The molecule has 13 heteroatoms. The van der Waals surface area contributed by atoms with Crippen molar-refractivity contribution < 1.29 is 22.8 Å². The van der Waals surface area contributed by atoms with Crippen LogP contribution in [0.1, 0.15) is 19.3 Å². The van der Waals surface area contributed by atoms with Gasteiger partial charge in [-0.05, 0) is 43.7 Å². The van der Waals surface area contributed by atoms with Gasteiger partial charge in [-0.15, -0.1) is 4.99 Å². The van der Waals surface area contributed by atoms with Gasteiger partial charge in [0.25, 0.3) is 5.91 Å². The van der Waals surface area contributed by atoms with Gasteiger partial charge in [0.05, 0.1) is 5.69 Å². The minimum atomic E-state index is -4.24. The first-order valence-corrected chi connectivity index (χ1v) is 10.9. The highest BCUT2D eigenvalue weighted by atomic mass is 32.2. The summed E-state index contributed by atoms with van der Waals surface area (Å²) in [7, 11) is -4.24. The molecule has 2 rings (SSSR count). The quantitative estimate of drug-likeness (QED) is 0.104. The number of benzene rings is 1. The van der Waals surface area contributed by atoms with E-state index >= 15 is 0 Å². The third-order valence-corrected chi connectivity index (χ3v) is 5.76. The van der Waals surface area contributed by atoms with Gasteiger partial charge in [0.15, 0.2) is 0 Å². The van der Waals surface area contributed by atoms with Crippen molar-refractivity contribution in [2.75, 3.05) is 6.54 Å². The summed E-state index contributed by atoms with van der Waals surface area (Å²) < 4.78 is 41.2. The highest BCUT2D eigenvalue weighted by Crippen LogP contribution is 2.20. The summed E-state index contributed by atoms with van der Waals surface area (Å²) in [6, 6.07) is 6.87. The molecule has 11 nitrogen and oxygen atoms in total. The van der Waals surface area contributed by atoms with Gasteiger partial charge in [-0.3, -0.25) is 15.0 Å². The minimum Gasteiger partial charge on any atom is -0.367 e. The van der Waals surface area contributed by atoms with Crippen LogP contribution in [-0.4, -0.2) is 48.1 Å². The van der Waals surface area contributed by atoms with Crippen LogP contribution in [0.4, 0.5) is 4.39 Å². The van der Waals surface area contributed by atoms with E-state index in [4.69, 9.17) is 16.7 Å². The Kier molecular flexibility index (Phi) is 8.73. The third-order valence-electron chi connectivity index (χ3n) is 4.30. The number of guanidine groups is 1. The Balaban J connectivity index is 2.26. The number of pyridine rings is 1. The number of sulfonamides is 1. The number of hydrogen-bond acceptors (Lipinski definition) is 8. The maximum absolute atomic E-state index is 13.4. The first-order chi connectivity index (χ1) is 15.2. The molecule has 0 aliphatic heterocycles. The summed E-state index contributed by atoms with van der Waals surface area (Å²) in [6.45, 7) is 0.319. The van der Waals surface area contributed by atoms with Gasteiger partial charge in [0.1, 0.15) is 16.8 Å². The molecule has 0 fully saturated rings. The highest BCUT2D eigenvalue weighted by Gasteiger charge is 2.30. The molecule has 0 saturated carbocycles. The van der Waals surface area contributed by atoms with Gasteiger partial charge in [-0.2, -0.15) is 15.0 Å². The predicted molar refractivity (Wildman–Crippen MR) is 113 cm³/mol. The maximum Gasteiger partial charge on any atom is 0.271 e. The Hall–Kier alpha value is -3.44. The van der Waals surface area contributed by atoms with E-state index in [1.807, 2.05) is 0 Å². The molecule has 0 saturated heterocycles. The number of aliphatic imine (C=N–C) groups is 1. The van der Waals surface area contributed by atoms with Crippen LogP contribution >= 0.6 is 0 Å². The van der Waals surface area contributed by atoms with Crippen LogP contribution in [0.25, 0.3) is 11.3 Å². The van der Waals surface area contributed by atoms with E-state index in [0.717, 1.165) is 6.20 Å². The number of hydrogen-bond donors (Lipinski definition) is 4. The lowest BCUT2D eigenvalue weighted by Crippen LogP contribution is -2.51. The van der Waals surface area contributed by atoms with E-state index in [-0.39, 0.29) is 16.4 Å². The molecule has 1 aromatic carbocycles. The van der Waals surface area contributed by atoms with Crippen molar-refractivity contribution in [2.45, 2.75) is 30.2 Å². The van der Waals surface area contributed by atoms with E-state index in [1.165, 1.54) is 36.5 Å². The number of carbonyl (C=O) groups excluding carboxylic acids is 1. The van der Waals surface area contributed by atoms with Crippen LogP contribution in [0, 0.1) is 17.3 Å². The van der Waals surface area contributed by atoms with Crippen molar-refractivity contribution in [2.24, 2.45) is 16.5 Å². The number of unbranched alkanes of at least 4 members (excludes halogenated alkanes) is 1. The largest absolute Gasteiger partial charge is 0.367 e. The molecule has 170 valence electrons. The summed E-state index contributed by atoms with van der Waals surface area (Å²) in [6.07, 6.45) is 3.25. The number of nitrogens with two attached hydrogens (primary N) is 2. The Labute approximate surface area is 184 Å². The van der Waals surface area contributed by atoms with E-state index in [2.05, 4.69) is 14.7 Å². The molecule has 1 atom stereocenters. The van der Waals surface area contributed by atoms with Gasteiger partial charge >= 0.3 is 0 Å². The van der Waals surface area contributed by atoms with E-state index < -0.39 is 33.7 Å².